The number of epoxide rings is 1. The number of ether oxygens (including phenoxy) is 2. The molecule has 6 atom stereocenters. The number of H-pyrrole nitrogens is 1. The number of rotatable bonds is 13. The van der Waals surface area contributed by atoms with E-state index in [-0.39, 0.29) is 54.0 Å². The molecule has 0 radical (unpaired) electrons. The van der Waals surface area contributed by atoms with Gasteiger partial charge >= 0.3 is 6.09 Å². The van der Waals surface area contributed by atoms with Crippen LogP contribution in [0.15, 0.2) is 95.8 Å². The zero-order valence-electron chi connectivity index (χ0n) is 31.8. The summed E-state index contributed by atoms with van der Waals surface area (Å²) < 4.78 is 12.8. The van der Waals surface area contributed by atoms with Gasteiger partial charge in [-0.25, -0.2) is 4.79 Å². The van der Waals surface area contributed by atoms with E-state index in [1.165, 1.54) is 12.1 Å². The molecule has 57 heavy (non-hydrogen) atoms. The van der Waals surface area contributed by atoms with Gasteiger partial charge in [0.1, 0.15) is 36.1 Å². The summed E-state index contributed by atoms with van der Waals surface area (Å²) >= 11 is 6.56. The van der Waals surface area contributed by atoms with Crippen molar-refractivity contribution in [2.75, 3.05) is 31.3 Å². The summed E-state index contributed by atoms with van der Waals surface area (Å²) in [6, 6.07) is 27.9. The van der Waals surface area contributed by atoms with E-state index in [1.54, 1.807) is 24.3 Å². The highest BCUT2D eigenvalue weighted by Gasteiger charge is 2.70. The summed E-state index contributed by atoms with van der Waals surface area (Å²) in [4.78, 5) is 40.6. The van der Waals surface area contributed by atoms with Gasteiger partial charge < -0.3 is 39.8 Å². The van der Waals surface area contributed by atoms with Gasteiger partial charge in [0.05, 0.1) is 42.1 Å². The molecule has 5 aromatic rings. The molecule has 0 saturated carbocycles. The van der Waals surface area contributed by atoms with Crippen LogP contribution in [0.5, 0.6) is 5.75 Å². The van der Waals surface area contributed by atoms with Crippen LogP contribution in [0.4, 0.5) is 16.2 Å². The van der Waals surface area contributed by atoms with Crippen molar-refractivity contribution in [3.05, 3.63) is 123 Å². The fourth-order valence-electron chi connectivity index (χ4n) is 8.76. The molecule has 296 valence electrons. The van der Waals surface area contributed by atoms with Crippen molar-refractivity contribution in [3.63, 3.8) is 0 Å². The van der Waals surface area contributed by atoms with E-state index in [4.69, 9.17) is 21.1 Å². The molecule has 0 unspecified atom stereocenters. The normalized spacial score (nSPS) is 22.1. The number of pyridine rings is 1. The Morgan fingerprint density at radius 1 is 0.930 bits per heavy atom. The predicted octanol–water partition coefficient (Wildman–Crippen LogP) is 6.64. The molecule has 4 aromatic carbocycles. The van der Waals surface area contributed by atoms with E-state index >= 15 is 0 Å². The SMILES string of the molecule is C[N+]1(C)[C@@H]2C[C@@H](OC(=O)Nc3cc(CCCC(=O)Nc4ccc(CNC[C@H](O)c5ccc(O)c6[nH]c(=O)ccc56)cc4Cl)ccc3-c3ccccc3)C[C@H]1[C@@H]1O[C@@H]12. The number of quaternary nitrogens is 1. The van der Waals surface area contributed by atoms with Gasteiger partial charge in [-0.3, -0.25) is 14.9 Å². The number of aromatic hydroxyl groups is 1. The Labute approximate surface area is 335 Å². The zero-order valence-corrected chi connectivity index (χ0v) is 32.6. The number of aromatic amines is 1. The Bertz CT molecular complexity index is 2350. The number of anilines is 2. The largest absolute Gasteiger partial charge is 0.506 e. The molecule has 3 saturated heterocycles. The highest BCUT2D eigenvalue weighted by atomic mass is 35.5. The van der Waals surface area contributed by atoms with Crippen molar-refractivity contribution in [1.82, 2.24) is 10.3 Å². The average molecular weight is 793 g/mol. The third-order valence-corrected chi connectivity index (χ3v) is 12.1. The van der Waals surface area contributed by atoms with Gasteiger partial charge in [0.2, 0.25) is 11.5 Å². The molecule has 2 bridgehead atoms. The number of fused-ring (bicyclic) bond motifs is 6. The quantitative estimate of drug-likeness (QED) is 0.0571. The van der Waals surface area contributed by atoms with E-state index < -0.39 is 12.2 Å². The summed E-state index contributed by atoms with van der Waals surface area (Å²) in [5, 5.41) is 31.1. The number of nitrogens with zero attached hydrogens (tertiary/aromatic N) is 1. The van der Waals surface area contributed by atoms with E-state index in [0.717, 1.165) is 39.6 Å². The second-order valence-corrected chi connectivity index (χ2v) is 16.3. The molecular weight excluding hydrogens is 746 g/mol. The molecule has 0 aliphatic carbocycles. The fourth-order valence-corrected chi connectivity index (χ4v) is 9.01. The predicted molar refractivity (Wildman–Crippen MR) is 219 cm³/mol. The minimum atomic E-state index is -0.899. The number of morpholine rings is 1. The third kappa shape index (κ3) is 8.28. The maximum atomic E-state index is 13.3. The number of phenolic OH excluding ortho intramolecular Hbond substituents is 1. The van der Waals surface area contributed by atoms with E-state index in [9.17, 15) is 24.6 Å². The highest BCUT2D eigenvalue weighted by Crippen LogP contribution is 2.51. The Morgan fingerprint density at radius 3 is 2.44 bits per heavy atom. The van der Waals surface area contributed by atoms with Crippen molar-refractivity contribution >= 4 is 45.9 Å². The Hall–Kier alpha value is -5.24. The molecule has 12 nitrogen and oxygen atoms in total. The van der Waals surface area contributed by atoms with E-state index in [2.05, 4.69) is 35.0 Å². The molecule has 6 N–H and O–H groups in total. The molecule has 2 amide bonds. The number of carbonyl (C=O) groups is 2. The number of phenols is 1. The van der Waals surface area contributed by atoms with Crippen molar-refractivity contribution in [2.24, 2.45) is 0 Å². The number of halogens is 1. The van der Waals surface area contributed by atoms with Crippen LogP contribution < -0.4 is 21.5 Å². The lowest BCUT2D eigenvalue weighted by Crippen LogP contribution is -2.60. The minimum absolute atomic E-state index is 0.0680. The number of hydrogen-bond acceptors (Lipinski definition) is 8. The molecule has 13 heteroatoms. The summed E-state index contributed by atoms with van der Waals surface area (Å²) in [5.41, 5.74) is 5.38. The number of benzene rings is 4. The van der Waals surface area contributed by atoms with Crippen molar-refractivity contribution < 1.29 is 33.8 Å². The van der Waals surface area contributed by atoms with Crippen LogP contribution >= 0.6 is 11.6 Å². The lowest BCUT2D eigenvalue weighted by atomic mass is 9.96. The van der Waals surface area contributed by atoms with Crippen molar-refractivity contribution in [2.45, 2.75) is 75.1 Å². The monoisotopic (exact) mass is 792 g/mol. The molecule has 1 aromatic heterocycles. The first-order valence-electron chi connectivity index (χ1n) is 19.4. The van der Waals surface area contributed by atoms with Crippen LogP contribution in [0.3, 0.4) is 0 Å². The number of hydrogen-bond donors (Lipinski definition) is 6. The number of aliphatic hydroxyl groups excluding tert-OH is 1. The lowest BCUT2D eigenvalue weighted by molar-refractivity contribution is -0.938. The van der Waals surface area contributed by atoms with Gasteiger partial charge in [0.25, 0.3) is 0 Å². The second kappa shape index (κ2) is 16.0. The Balaban J connectivity index is 0.830. The van der Waals surface area contributed by atoms with Crippen LogP contribution in [-0.4, -0.2) is 82.7 Å². The van der Waals surface area contributed by atoms with Crippen LogP contribution in [0.2, 0.25) is 5.02 Å². The number of piperidine rings is 1. The van der Waals surface area contributed by atoms with Gasteiger partial charge in [-0.1, -0.05) is 66.2 Å². The first kappa shape index (κ1) is 38.6. The van der Waals surface area contributed by atoms with E-state index in [0.29, 0.717) is 58.8 Å². The van der Waals surface area contributed by atoms with Gasteiger partial charge in [0, 0.05) is 49.4 Å². The van der Waals surface area contributed by atoms with Gasteiger partial charge in [-0.05, 0) is 65.4 Å². The first-order valence-corrected chi connectivity index (χ1v) is 19.8. The lowest BCUT2D eigenvalue weighted by Gasteiger charge is -2.45. The van der Waals surface area contributed by atoms with Crippen LogP contribution in [0, 0.1) is 0 Å². The fraction of sp³-hybridized carbons (Fsp3) is 0.341. The van der Waals surface area contributed by atoms with Gasteiger partial charge in [-0.2, -0.15) is 0 Å². The maximum absolute atomic E-state index is 13.3. The van der Waals surface area contributed by atoms with Gasteiger partial charge in [-0.15, -0.1) is 0 Å². The molecule has 4 heterocycles. The molecule has 3 aliphatic rings. The molecule has 8 rings (SSSR count). The van der Waals surface area contributed by atoms with Gasteiger partial charge in [0.15, 0.2) is 0 Å². The minimum Gasteiger partial charge on any atom is -0.506 e. The second-order valence-electron chi connectivity index (χ2n) is 15.8. The zero-order chi connectivity index (χ0) is 39.8. The number of aromatic nitrogens is 1. The molecule has 3 fully saturated rings. The Morgan fingerprint density at radius 2 is 1.68 bits per heavy atom. The van der Waals surface area contributed by atoms with E-state index in [1.807, 2.05) is 54.6 Å². The first-order chi connectivity index (χ1) is 27.4. The van der Waals surface area contributed by atoms with Crippen LogP contribution in [-0.2, 0) is 27.2 Å². The third-order valence-electron chi connectivity index (χ3n) is 11.8. The standard InChI is InChI=1S/C44H46ClN5O7/c1-50(2)35-21-28(22-36(50)43-42(35)57-43)56-44(55)48-34-20-25(11-13-29(34)27-8-4-3-5-9-27)7-6-10-39(53)47-33-16-12-26(19-32(33)45)23-46-24-38(52)30-14-17-37(51)41-31(30)15-18-40(54)49-41/h3-5,8-9,11-20,28,35-36,38,42-43,46,52H,6-7,10,21-24H2,1-2H3,(H3-,47,48,49,51,53,54,55)/p+1/t28-,35-,36+,38-,42-,43+/m0/s1. The number of aryl methyl sites for hydroxylation is 1. The van der Waals surface area contributed by atoms with Crippen molar-refractivity contribution in [1.29, 1.82) is 0 Å². The summed E-state index contributed by atoms with van der Waals surface area (Å²) in [6.45, 7) is 0.618. The highest BCUT2D eigenvalue weighted by molar-refractivity contribution is 6.33. The smallest absolute Gasteiger partial charge is 0.411 e. The summed E-state index contributed by atoms with van der Waals surface area (Å²) in [7, 11) is 4.50. The van der Waals surface area contributed by atoms with Crippen molar-refractivity contribution in [3.8, 4) is 16.9 Å². The summed E-state index contributed by atoms with van der Waals surface area (Å²) in [6.07, 6.45) is 2.09. The molecule has 3 aliphatic heterocycles. The molecule has 0 spiro atoms. The van der Waals surface area contributed by atoms with Crippen LogP contribution in [0.1, 0.15) is 48.5 Å². The topological polar surface area (TPSA) is 165 Å². The average Bonchev–Trinajstić information content (AvgIpc) is 3.96. The number of carbonyl (C=O) groups excluding carboxylic acids is 2. The Kier molecular flexibility index (Phi) is 10.8. The number of nitrogens with one attached hydrogen (secondary N) is 4. The summed E-state index contributed by atoms with van der Waals surface area (Å²) in [5.74, 6) is -0.232. The number of aliphatic hydroxyl groups is 1. The number of likely N-dealkylation sites (N-methyl/N-ethyl adjacent to an activating group) is 1. The molecular formula is C44H47ClN5O7+. The maximum Gasteiger partial charge on any atom is 0.411 e. The number of amides is 2. The van der Waals surface area contributed by atoms with Crippen LogP contribution in [0.25, 0.3) is 22.0 Å².